The van der Waals surface area contributed by atoms with Crippen LogP contribution in [0, 0.1) is 0 Å². The minimum atomic E-state index is -1.28. The Balaban J connectivity index is 0.000000646. The van der Waals surface area contributed by atoms with Crippen molar-refractivity contribution in [2.24, 2.45) is 4.74 Å². The smallest absolute Gasteiger partial charge is 0.0843 e. The monoisotopic (exact) mass is 507 g/mol. The van der Waals surface area contributed by atoms with Gasteiger partial charge in [-0.1, -0.05) is 126 Å². The van der Waals surface area contributed by atoms with Crippen LogP contribution in [0.3, 0.4) is 0 Å². The Morgan fingerprint density at radius 1 is 0.900 bits per heavy atom. The molecule has 0 saturated carbocycles. The van der Waals surface area contributed by atoms with Crippen LogP contribution in [0.5, 0.6) is 0 Å². The first-order chi connectivity index (χ1) is 13.2. The molecule has 1 aromatic rings. The molecule has 0 bridgehead atoms. The molecule has 0 heterocycles. The van der Waals surface area contributed by atoms with E-state index in [0.29, 0.717) is 0 Å². The second-order valence-corrected chi connectivity index (χ2v) is 47.1. The fraction of sp³-hybridized carbons (Fsp3) is 0.417. The quantitative estimate of drug-likeness (QED) is 0.207. The molecule has 1 aliphatic rings. The summed E-state index contributed by atoms with van der Waals surface area (Å²) in [5, 5.41) is 0. The maximum absolute atomic E-state index is 5.62. The van der Waals surface area contributed by atoms with Crippen LogP contribution in [0.15, 0.2) is 78.2 Å². The molecule has 0 spiro atoms. The third-order valence-electron chi connectivity index (χ3n) is 5.33. The summed E-state index contributed by atoms with van der Waals surface area (Å²) in [6, 6.07) is 10.0. The fourth-order valence-electron chi connectivity index (χ4n) is 4.94. The van der Waals surface area contributed by atoms with Crippen molar-refractivity contribution in [1.82, 2.24) is 0 Å². The van der Waals surface area contributed by atoms with Crippen LogP contribution >= 0.6 is 5.70 Å². The van der Waals surface area contributed by atoms with E-state index in [2.05, 4.69) is 90.3 Å². The molecule has 2 rings (SSSR count). The summed E-state index contributed by atoms with van der Waals surface area (Å²) in [6.45, 7) is 30.7. The summed E-state index contributed by atoms with van der Waals surface area (Å²) < 4.78 is 5.62. The first-order valence-electron chi connectivity index (χ1n) is 10.5. The van der Waals surface area contributed by atoms with Gasteiger partial charge in [-0.3, -0.25) is 4.74 Å². The molecule has 0 atom stereocenters. The second kappa shape index (κ2) is 11.6. The molecule has 0 radical (unpaired) electrons. The van der Waals surface area contributed by atoms with Crippen LogP contribution in [-0.4, -0.2) is 23.2 Å². The number of nitrogens with zero attached hydrogens (tertiary/aromatic N) is 1. The van der Waals surface area contributed by atoms with E-state index in [1.807, 2.05) is 30.3 Å². The SMILES string of the molecule is C=CC(=C)c1ccccc1.C[Si](C)(C)P(=NC1=CC=CC1)([Si](C)(C)C)[Si](C)(C)C.[Ti]. The van der Waals surface area contributed by atoms with Crippen LogP contribution in [-0.2, 0) is 21.7 Å². The Bertz CT molecular complexity index is 793. The van der Waals surface area contributed by atoms with Crippen molar-refractivity contribution in [3.8, 4) is 0 Å². The number of benzene rings is 1. The van der Waals surface area contributed by atoms with Crippen molar-refractivity contribution in [2.45, 2.75) is 65.3 Å². The molecule has 0 aliphatic heterocycles. The molecule has 0 unspecified atom stereocenters. The van der Waals surface area contributed by atoms with Crippen molar-refractivity contribution in [3.63, 3.8) is 0 Å². The van der Waals surface area contributed by atoms with Gasteiger partial charge in [0.05, 0.1) is 23.2 Å². The predicted octanol–water partition coefficient (Wildman–Crippen LogP) is 9.42. The van der Waals surface area contributed by atoms with Crippen LogP contribution in [0.1, 0.15) is 12.0 Å². The third kappa shape index (κ3) is 7.15. The largest absolute Gasteiger partial charge is 0.284 e. The number of hydrogen-bond acceptors (Lipinski definition) is 1. The van der Waals surface area contributed by atoms with Gasteiger partial charge in [-0.15, -0.1) is 0 Å². The molecule has 1 aromatic carbocycles. The number of hydrogen-bond donors (Lipinski definition) is 0. The van der Waals surface area contributed by atoms with Gasteiger partial charge in [0.25, 0.3) is 0 Å². The molecule has 0 fully saturated rings. The molecule has 164 valence electrons. The molecule has 1 nitrogen and oxygen atoms in total. The first kappa shape index (κ1) is 29.8. The summed E-state index contributed by atoms with van der Waals surface area (Å²) in [7, 11) is -3.83. The number of allylic oxidation sites excluding steroid dienone is 5. The summed E-state index contributed by atoms with van der Waals surface area (Å²) in [6.07, 6.45) is 9.53. The van der Waals surface area contributed by atoms with Crippen LogP contribution in [0.4, 0.5) is 0 Å². The minimum Gasteiger partial charge on any atom is -0.284 e. The Morgan fingerprint density at radius 2 is 1.37 bits per heavy atom. The number of rotatable bonds is 6. The Hall–Kier alpha value is -0.225. The van der Waals surface area contributed by atoms with E-state index >= 15 is 0 Å². The van der Waals surface area contributed by atoms with E-state index in [4.69, 9.17) is 4.74 Å². The van der Waals surface area contributed by atoms with Gasteiger partial charge in [-0.05, 0) is 17.2 Å². The van der Waals surface area contributed by atoms with Gasteiger partial charge >= 0.3 is 0 Å². The molecule has 30 heavy (non-hydrogen) atoms. The Labute approximate surface area is 204 Å². The van der Waals surface area contributed by atoms with E-state index in [0.717, 1.165) is 17.6 Å². The topological polar surface area (TPSA) is 12.4 Å². The van der Waals surface area contributed by atoms with Crippen molar-refractivity contribution in [2.75, 3.05) is 0 Å². The van der Waals surface area contributed by atoms with Gasteiger partial charge in [-0.2, -0.15) is 0 Å². The first-order valence-corrected chi connectivity index (χ1v) is 25.3. The molecule has 1 aliphatic carbocycles. The molecular weight excluding hydrogens is 465 g/mol. The van der Waals surface area contributed by atoms with Crippen LogP contribution in [0.25, 0.3) is 5.57 Å². The molecule has 0 aromatic heterocycles. The average molecular weight is 508 g/mol. The van der Waals surface area contributed by atoms with Gasteiger partial charge in [0, 0.05) is 33.8 Å². The van der Waals surface area contributed by atoms with Crippen LogP contribution < -0.4 is 0 Å². The van der Waals surface area contributed by atoms with Gasteiger partial charge in [0.15, 0.2) is 0 Å². The summed E-state index contributed by atoms with van der Waals surface area (Å²) in [5.74, 6) is 0. The predicted molar refractivity (Wildman–Crippen MR) is 147 cm³/mol. The molecular formula is C24H42NPSi3Ti. The maximum atomic E-state index is 5.62. The molecule has 0 amide bonds. The zero-order valence-corrected chi connectivity index (χ0v) is 26.2. The Kier molecular flexibility index (Phi) is 11.5. The van der Waals surface area contributed by atoms with Crippen molar-refractivity contribution >= 4 is 34.5 Å². The maximum Gasteiger partial charge on any atom is 0.0843 e. The normalized spacial score (nSPS) is 14.1. The molecule has 0 saturated heterocycles. The minimum absolute atomic E-state index is 0. The van der Waals surface area contributed by atoms with Crippen LogP contribution in [0.2, 0.25) is 58.9 Å². The van der Waals surface area contributed by atoms with Gasteiger partial charge in [0.1, 0.15) is 0 Å². The molecule has 0 N–H and O–H groups in total. The standard InChI is InChI=1S/C14H32NPSi3.C10H10.Ti/c1-17(2,3)16(18(4,5)6,19(7,8)9)15-14-12-10-11-13-14;1-3-9(2)10-7-5-4-6-8-10;/h10-12H,13H2,1-9H3;3-8H,1-2H2;. The summed E-state index contributed by atoms with van der Waals surface area (Å²) >= 11 is 0. The van der Waals surface area contributed by atoms with Crippen molar-refractivity contribution < 1.29 is 21.7 Å². The summed E-state index contributed by atoms with van der Waals surface area (Å²) in [4.78, 5) is 0. The average Bonchev–Trinajstić information content (AvgIpc) is 3.10. The zero-order chi connectivity index (χ0) is 22.5. The molecule has 6 heteroatoms. The van der Waals surface area contributed by atoms with Crippen molar-refractivity contribution in [1.29, 1.82) is 0 Å². The van der Waals surface area contributed by atoms with Gasteiger partial charge in [-0.25, -0.2) is 0 Å². The van der Waals surface area contributed by atoms with Crippen molar-refractivity contribution in [3.05, 3.63) is 79.1 Å². The second-order valence-electron chi connectivity index (χ2n) is 10.6. The van der Waals surface area contributed by atoms with Gasteiger partial charge < -0.3 is 0 Å². The zero-order valence-electron chi connectivity index (χ0n) is 20.7. The van der Waals surface area contributed by atoms with E-state index in [9.17, 15) is 0 Å². The van der Waals surface area contributed by atoms with Gasteiger partial charge in [0.2, 0.25) is 0 Å². The van der Waals surface area contributed by atoms with E-state index < -0.39 is 28.9 Å². The van der Waals surface area contributed by atoms with E-state index in [1.165, 1.54) is 5.70 Å². The van der Waals surface area contributed by atoms with E-state index in [1.54, 1.807) is 6.08 Å². The third-order valence-corrected chi connectivity index (χ3v) is 66.3. The fourth-order valence-corrected chi connectivity index (χ4v) is 88.7. The summed E-state index contributed by atoms with van der Waals surface area (Å²) in [5.41, 5.74) is 2.32. The Morgan fingerprint density at radius 3 is 1.70 bits per heavy atom. The van der Waals surface area contributed by atoms with E-state index in [-0.39, 0.29) is 21.7 Å².